The molecule has 27 heavy (non-hydrogen) atoms. The normalized spacial score (nSPS) is 16.8. The molecule has 0 spiro atoms. The summed E-state index contributed by atoms with van der Waals surface area (Å²) in [6, 6.07) is 11.8. The molecule has 3 aromatic rings. The fourth-order valence-corrected chi connectivity index (χ4v) is 3.43. The van der Waals surface area contributed by atoms with Crippen molar-refractivity contribution in [3.63, 3.8) is 0 Å². The lowest BCUT2D eigenvalue weighted by Gasteiger charge is -2.16. The number of methoxy groups -OCH3 is 1. The van der Waals surface area contributed by atoms with Gasteiger partial charge >= 0.3 is 0 Å². The maximum atomic E-state index is 13.4. The van der Waals surface area contributed by atoms with Crippen LogP contribution in [0.2, 0.25) is 0 Å². The van der Waals surface area contributed by atoms with Gasteiger partial charge in [-0.1, -0.05) is 11.2 Å². The molecule has 1 saturated heterocycles. The molecule has 8 heteroatoms. The van der Waals surface area contributed by atoms with Gasteiger partial charge in [0.05, 0.1) is 17.5 Å². The molecule has 1 aliphatic heterocycles. The van der Waals surface area contributed by atoms with Crippen molar-refractivity contribution in [3.8, 4) is 17.1 Å². The number of rotatable bonds is 4. The Morgan fingerprint density at radius 2 is 2.15 bits per heavy atom. The molecule has 6 nitrogen and oxygen atoms in total. The van der Waals surface area contributed by atoms with E-state index in [2.05, 4.69) is 26.1 Å². The maximum Gasteiger partial charge on any atom is 0.232 e. The zero-order valence-electron chi connectivity index (χ0n) is 14.4. The standard InChI is InChI=1S/C19H15BrFN3O3/c1-26-14-4-2-3-13(9-14)24-10-12(8-17(24)25)19-22-18(23-27-19)11-5-6-16(21)15(20)7-11/h2-7,9,12H,8,10H2,1H3. The van der Waals surface area contributed by atoms with E-state index in [-0.39, 0.29) is 24.1 Å². The van der Waals surface area contributed by atoms with E-state index in [1.807, 2.05) is 24.3 Å². The Morgan fingerprint density at radius 1 is 1.30 bits per heavy atom. The number of carbonyl (C=O) groups excluding carboxylic acids is 1. The monoisotopic (exact) mass is 431 g/mol. The van der Waals surface area contributed by atoms with Gasteiger partial charge in [-0.3, -0.25) is 4.79 Å². The van der Waals surface area contributed by atoms with Crippen LogP contribution in [0.5, 0.6) is 5.75 Å². The molecule has 1 fully saturated rings. The average Bonchev–Trinajstić information content (AvgIpc) is 3.31. The highest BCUT2D eigenvalue weighted by atomic mass is 79.9. The first kappa shape index (κ1) is 17.7. The lowest BCUT2D eigenvalue weighted by atomic mass is 10.1. The highest BCUT2D eigenvalue weighted by Crippen LogP contribution is 2.33. The van der Waals surface area contributed by atoms with Crippen LogP contribution in [0.3, 0.4) is 0 Å². The van der Waals surface area contributed by atoms with Gasteiger partial charge < -0.3 is 14.2 Å². The number of anilines is 1. The van der Waals surface area contributed by atoms with Crippen LogP contribution in [-0.2, 0) is 4.79 Å². The highest BCUT2D eigenvalue weighted by Gasteiger charge is 2.35. The molecule has 1 unspecified atom stereocenters. The van der Waals surface area contributed by atoms with Crippen LogP contribution in [0.15, 0.2) is 51.5 Å². The molecule has 0 N–H and O–H groups in total. The Morgan fingerprint density at radius 3 is 2.93 bits per heavy atom. The summed E-state index contributed by atoms with van der Waals surface area (Å²) in [5.74, 6) is 0.858. The molecular formula is C19H15BrFN3O3. The Kier molecular flexibility index (Phi) is 4.65. The van der Waals surface area contributed by atoms with E-state index < -0.39 is 0 Å². The number of hydrogen-bond acceptors (Lipinski definition) is 5. The molecule has 1 amide bonds. The lowest BCUT2D eigenvalue weighted by Crippen LogP contribution is -2.24. The molecule has 2 heterocycles. The van der Waals surface area contributed by atoms with Crippen molar-refractivity contribution >= 4 is 27.5 Å². The van der Waals surface area contributed by atoms with Gasteiger partial charge in [-0.25, -0.2) is 4.39 Å². The van der Waals surface area contributed by atoms with Gasteiger partial charge in [0, 0.05) is 30.3 Å². The van der Waals surface area contributed by atoms with Crippen LogP contribution in [0.1, 0.15) is 18.2 Å². The summed E-state index contributed by atoms with van der Waals surface area (Å²) in [5.41, 5.74) is 1.40. The zero-order valence-corrected chi connectivity index (χ0v) is 15.9. The molecule has 1 aromatic heterocycles. The summed E-state index contributed by atoms with van der Waals surface area (Å²) in [4.78, 5) is 18.6. The molecule has 1 atom stereocenters. The summed E-state index contributed by atoms with van der Waals surface area (Å²) >= 11 is 3.15. The average molecular weight is 432 g/mol. The summed E-state index contributed by atoms with van der Waals surface area (Å²) in [6.45, 7) is 0.445. The Bertz CT molecular complexity index is 1010. The summed E-state index contributed by atoms with van der Waals surface area (Å²) in [5, 5.41) is 3.97. The lowest BCUT2D eigenvalue weighted by molar-refractivity contribution is -0.117. The number of benzene rings is 2. The number of amides is 1. The highest BCUT2D eigenvalue weighted by molar-refractivity contribution is 9.10. The minimum absolute atomic E-state index is 0.0162. The third-order valence-corrected chi connectivity index (χ3v) is 5.07. The predicted molar refractivity (Wildman–Crippen MR) is 100 cm³/mol. The van der Waals surface area contributed by atoms with Gasteiger partial charge in [0.2, 0.25) is 17.6 Å². The van der Waals surface area contributed by atoms with Crippen LogP contribution in [-0.4, -0.2) is 29.7 Å². The first-order valence-corrected chi connectivity index (χ1v) is 9.08. The predicted octanol–water partition coefficient (Wildman–Crippen LogP) is 4.17. The second kappa shape index (κ2) is 7.11. The largest absolute Gasteiger partial charge is 0.497 e. The van der Waals surface area contributed by atoms with Crippen LogP contribution in [0, 0.1) is 5.82 Å². The van der Waals surface area contributed by atoms with Gasteiger partial charge in [-0.15, -0.1) is 0 Å². The van der Waals surface area contributed by atoms with E-state index >= 15 is 0 Å². The van der Waals surface area contributed by atoms with Crippen molar-refractivity contribution in [1.29, 1.82) is 0 Å². The maximum absolute atomic E-state index is 13.4. The third-order valence-electron chi connectivity index (χ3n) is 4.46. The molecular weight excluding hydrogens is 417 g/mol. The summed E-state index contributed by atoms with van der Waals surface area (Å²) in [6.07, 6.45) is 0.284. The Hall–Kier alpha value is -2.74. The van der Waals surface area contributed by atoms with Crippen molar-refractivity contribution in [2.24, 2.45) is 0 Å². The minimum atomic E-state index is -0.363. The molecule has 2 aromatic carbocycles. The van der Waals surface area contributed by atoms with Crippen LogP contribution < -0.4 is 9.64 Å². The molecule has 1 aliphatic rings. The van der Waals surface area contributed by atoms with E-state index in [0.717, 1.165) is 5.69 Å². The molecule has 0 saturated carbocycles. The van der Waals surface area contributed by atoms with E-state index in [1.54, 1.807) is 24.1 Å². The SMILES string of the molecule is COc1cccc(N2CC(c3nc(-c4ccc(F)c(Br)c4)no3)CC2=O)c1. The number of aromatic nitrogens is 2. The van der Waals surface area contributed by atoms with E-state index in [4.69, 9.17) is 9.26 Å². The number of carbonyl (C=O) groups is 1. The number of ether oxygens (including phenoxy) is 1. The van der Waals surface area contributed by atoms with E-state index in [9.17, 15) is 9.18 Å². The first-order valence-electron chi connectivity index (χ1n) is 8.28. The topological polar surface area (TPSA) is 68.5 Å². The number of hydrogen-bond donors (Lipinski definition) is 0. The van der Waals surface area contributed by atoms with Crippen LogP contribution >= 0.6 is 15.9 Å². The smallest absolute Gasteiger partial charge is 0.232 e. The fraction of sp³-hybridized carbons (Fsp3) is 0.211. The molecule has 138 valence electrons. The molecule has 0 aliphatic carbocycles. The quantitative estimate of drug-likeness (QED) is 0.619. The van der Waals surface area contributed by atoms with Crippen LogP contribution in [0.4, 0.5) is 10.1 Å². The summed E-state index contributed by atoms with van der Waals surface area (Å²) < 4.78 is 24.3. The summed E-state index contributed by atoms with van der Waals surface area (Å²) in [7, 11) is 1.58. The van der Waals surface area contributed by atoms with Crippen molar-refractivity contribution in [3.05, 3.63) is 58.6 Å². The van der Waals surface area contributed by atoms with E-state index in [0.29, 0.717) is 34.0 Å². The van der Waals surface area contributed by atoms with Crippen molar-refractivity contribution in [2.75, 3.05) is 18.6 Å². The Balaban J connectivity index is 1.55. The van der Waals surface area contributed by atoms with Gasteiger partial charge in [-0.2, -0.15) is 4.98 Å². The second-order valence-electron chi connectivity index (χ2n) is 6.19. The van der Waals surface area contributed by atoms with Gasteiger partial charge in [0.1, 0.15) is 11.6 Å². The van der Waals surface area contributed by atoms with E-state index in [1.165, 1.54) is 6.07 Å². The van der Waals surface area contributed by atoms with Crippen molar-refractivity contribution in [1.82, 2.24) is 10.1 Å². The number of nitrogens with zero attached hydrogens (tertiary/aromatic N) is 3. The molecule has 0 radical (unpaired) electrons. The van der Waals surface area contributed by atoms with Crippen molar-refractivity contribution < 1.29 is 18.4 Å². The second-order valence-corrected chi connectivity index (χ2v) is 7.05. The van der Waals surface area contributed by atoms with Crippen molar-refractivity contribution in [2.45, 2.75) is 12.3 Å². The minimum Gasteiger partial charge on any atom is -0.497 e. The molecule has 4 rings (SSSR count). The van der Waals surface area contributed by atoms with Gasteiger partial charge in [-0.05, 0) is 46.3 Å². The first-order chi connectivity index (χ1) is 13.0. The zero-order chi connectivity index (χ0) is 19.0. The van der Waals surface area contributed by atoms with Crippen LogP contribution in [0.25, 0.3) is 11.4 Å². The molecule has 0 bridgehead atoms. The van der Waals surface area contributed by atoms with Gasteiger partial charge in [0.25, 0.3) is 0 Å². The fourth-order valence-electron chi connectivity index (χ4n) is 3.05. The Labute approximate surface area is 163 Å². The van der Waals surface area contributed by atoms with Gasteiger partial charge in [0.15, 0.2) is 0 Å². The third kappa shape index (κ3) is 3.44. The number of halogens is 2.